The number of carbonyl (C=O) groups excluding carboxylic acids is 2. The van der Waals surface area contributed by atoms with Gasteiger partial charge in [-0.05, 0) is 36.4 Å². The highest BCUT2D eigenvalue weighted by atomic mass is 35.5. The van der Waals surface area contributed by atoms with E-state index in [0.717, 1.165) is 5.56 Å². The molecule has 9 heteroatoms. The Balaban J connectivity index is 1.51. The number of para-hydroxylation sites is 1. The van der Waals surface area contributed by atoms with E-state index in [0.29, 0.717) is 32.9 Å². The third-order valence-electron chi connectivity index (χ3n) is 5.08. The summed E-state index contributed by atoms with van der Waals surface area (Å²) >= 11 is 7.76. The molecule has 5 rings (SSSR count). The van der Waals surface area contributed by atoms with Crippen molar-refractivity contribution < 1.29 is 19.1 Å². The number of rotatable bonds is 4. The van der Waals surface area contributed by atoms with Crippen LogP contribution in [0.25, 0.3) is 0 Å². The Kier molecular flexibility index (Phi) is 4.95. The number of aromatic nitrogens is 1. The number of hydrogen-bond acceptors (Lipinski definition) is 6. The molecule has 0 bridgehead atoms. The van der Waals surface area contributed by atoms with Gasteiger partial charge in [-0.15, -0.1) is 0 Å². The fourth-order valence-corrected chi connectivity index (χ4v) is 5.17. The summed E-state index contributed by atoms with van der Waals surface area (Å²) in [5.41, 5.74) is 2.02. The molecule has 1 N–H and O–H groups in total. The van der Waals surface area contributed by atoms with E-state index in [9.17, 15) is 9.59 Å². The van der Waals surface area contributed by atoms with Crippen LogP contribution in [0.1, 0.15) is 11.6 Å². The Morgan fingerprint density at radius 1 is 1.19 bits per heavy atom. The predicted molar refractivity (Wildman–Crippen MR) is 117 cm³/mol. The maximum Gasteiger partial charge on any atom is 0.327 e. The van der Waals surface area contributed by atoms with Crippen molar-refractivity contribution in [2.45, 2.75) is 16.3 Å². The molecule has 156 valence electrons. The van der Waals surface area contributed by atoms with Crippen molar-refractivity contribution in [3.8, 4) is 11.5 Å². The number of halogens is 1. The Morgan fingerprint density at radius 3 is 2.74 bits per heavy atom. The van der Waals surface area contributed by atoms with Gasteiger partial charge in [-0.3, -0.25) is 9.69 Å². The van der Waals surface area contributed by atoms with Gasteiger partial charge in [-0.25, -0.2) is 9.78 Å². The number of urea groups is 1. The summed E-state index contributed by atoms with van der Waals surface area (Å²) in [5, 5.41) is 3.39. The SMILES string of the molecule is COC(=O)C1Sc2nccc3c2C1NC(=O)N3c1ccc(Oc2ccccc2)c(Cl)c1. The van der Waals surface area contributed by atoms with Gasteiger partial charge < -0.3 is 14.8 Å². The monoisotopic (exact) mass is 453 g/mol. The van der Waals surface area contributed by atoms with E-state index in [4.69, 9.17) is 21.1 Å². The summed E-state index contributed by atoms with van der Waals surface area (Å²) in [5.74, 6) is 0.736. The van der Waals surface area contributed by atoms with Gasteiger partial charge in [-0.2, -0.15) is 0 Å². The molecule has 31 heavy (non-hydrogen) atoms. The first kappa shape index (κ1) is 19.7. The molecule has 2 aliphatic rings. The van der Waals surface area contributed by atoms with Crippen LogP contribution in [0.5, 0.6) is 11.5 Å². The summed E-state index contributed by atoms with van der Waals surface area (Å²) in [4.78, 5) is 31.2. The number of anilines is 2. The van der Waals surface area contributed by atoms with Gasteiger partial charge in [0.25, 0.3) is 0 Å². The number of thioether (sulfide) groups is 1. The van der Waals surface area contributed by atoms with Crippen LogP contribution in [0.4, 0.5) is 16.2 Å². The van der Waals surface area contributed by atoms with E-state index < -0.39 is 17.3 Å². The molecule has 3 aromatic rings. The summed E-state index contributed by atoms with van der Waals surface area (Å²) in [6, 6.07) is 15.3. The van der Waals surface area contributed by atoms with Crippen molar-refractivity contribution >= 4 is 46.7 Å². The number of hydrogen-bond donors (Lipinski definition) is 1. The van der Waals surface area contributed by atoms with Gasteiger partial charge in [-0.1, -0.05) is 41.6 Å². The molecule has 2 aromatic carbocycles. The fraction of sp³-hybridized carbons (Fsp3) is 0.136. The lowest BCUT2D eigenvalue weighted by atomic mass is 10.0. The van der Waals surface area contributed by atoms with E-state index in [1.54, 1.807) is 30.5 Å². The first-order valence-electron chi connectivity index (χ1n) is 9.43. The summed E-state index contributed by atoms with van der Waals surface area (Å²) in [6.45, 7) is 0. The third-order valence-corrected chi connectivity index (χ3v) is 6.65. The number of nitrogens with one attached hydrogen (secondary N) is 1. The molecule has 0 aliphatic carbocycles. The van der Waals surface area contributed by atoms with Crippen molar-refractivity contribution in [3.05, 3.63) is 71.4 Å². The highest BCUT2D eigenvalue weighted by molar-refractivity contribution is 8.01. The van der Waals surface area contributed by atoms with E-state index in [-0.39, 0.29) is 6.03 Å². The third kappa shape index (κ3) is 3.37. The lowest BCUT2D eigenvalue weighted by Gasteiger charge is -2.34. The number of carbonyl (C=O) groups is 2. The summed E-state index contributed by atoms with van der Waals surface area (Å²) in [6.07, 6.45) is 1.62. The van der Waals surface area contributed by atoms with Crippen LogP contribution in [0.3, 0.4) is 0 Å². The van der Waals surface area contributed by atoms with Crippen LogP contribution >= 0.6 is 23.4 Å². The molecule has 0 radical (unpaired) electrons. The molecule has 2 unspecified atom stereocenters. The van der Waals surface area contributed by atoms with Crippen LogP contribution in [-0.2, 0) is 9.53 Å². The summed E-state index contributed by atoms with van der Waals surface area (Å²) < 4.78 is 10.7. The number of amides is 2. The smallest absolute Gasteiger partial charge is 0.327 e. The number of ether oxygens (including phenoxy) is 2. The van der Waals surface area contributed by atoms with E-state index in [1.165, 1.54) is 23.8 Å². The maximum atomic E-state index is 13.1. The van der Waals surface area contributed by atoms with Crippen LogP contribution in [0.15, 0.2) is 65.8 Å². The lowest BCUT2D eigenvalue weighted by molar-refractivity contribution is -0.140. The topological polar surface area (TPSA) is 80.8 Å². The zero-order valence-electron chi connectivity index (χ0n) is 16.2. The molecule has 2 aliphatic heterocycles. The van der Waals surface area contributed by atoms with Crippen LogP contribution in [0.2, 0.25) is 5.02 Å². The molecular weight excluding hydrogens is 438 g/mol. The van der Waals surface area contributed by atoms with Crippen LogP contribution in [0, 0.1) is 0 Å². The first-order chi connectivity index (χ1) is 15.1. The van der Waals surface area contributed by atoms with Gasteiger partial charge >= 0.3 is 12.0 Å². The zero-order chi connectivity index (χ0) is 21.5. The molecule has 7 nitrogen and oxygen atoms in total. The normalized spacial score (nSPS) is 18.9. The minimum atomic E-state index is -0.579. The second kappa shape index (κ2) is 7.79. The number of benzene rings is 2. The van der Waals surface area contributed by atoms with Crippen molar-refractivity contribution in [1.82, 2.24) is 10.3 Å². The predicted octanol–water partition coefficient (Wildman–Crippen LogP) is 5.08. The average Bonchev–Trinajstić information content (AvgIpc) is 3.15. The average molecular weight is 454 g/mol. The molecule has 1 aromatic heterocycles. The maximum absolute atomic E-state index is 13.1. The zero-order valence-corrected chi connectivity index (χ0v) is 17.8. The van der Waals surface area contributed by atoms with Crippen molar-refractivity contribution in [2.75, 3.05) is 12.0 Å². The number of methoxy groups -OCH3 is 1. The second-order valence-corrected chi connectivity index (χ2v) is 8.44. The number of pyridine rings is 1. The van der Waals surface area contributed by atoms with Gasteiger partial charge in [0.2, 0.25) is 0 Å². The molecule has 2 atom stereocenters. The first-order valence-corrected chi connectivity index (χ1v) is 10.7. The minimum Gasteiger partial charge on any atom is -0.468 e. The molecular formula is C22H16ClN3O4S. The molecule has 0 saturated carbocycles. The summed E-state index contributed by atoms with van der Waals surface area (Å²) in [7, 11) is 1.33. The molecule has 2 amide bonds. The minimum absolute atomic E-state index is 0.362. The standard InChI is InChI=1S/C22H16ClN3O4S/c1-29-21(27)19-18-17-15(9-10-24-20(17)31-19)26(22(28)25-18)12-7-8-16(14(23)11-12)30-13-5-3-2-4-6-13/h2-11,18-19H,1H3,(H,25,28). The molecule has 0 fully saturated rings. The van der Waals surface area contributed by atoms with Crippen molar-refractivity contribution in [1.29, 1.82) is 0 Å². The van der Waals surface area contributed by atoms with Gasteiger partial charge in [0.05, 0.1) is 29.5 Å². The lowest BCUT2D eigenvalue weighted by Crippen LogP contribution is -2.47. The van der Waals surface area contributed by atoms with Gasteiger partial charge in [0.15, 0.2) is 0 Å². The number of nitrogens with zero attached hydrogens (tertiary/aromatic N) is 2. The Morgan fingerprint density at radius 2 is 2.00 bits per heavy atom. The Hall–Kier alpha value is -3.23. The van der Waals surface area contributed by atoms with E-state index in [2.05, 4.69) is 10.3 Å². The Labute approximate surface area is 187 Å². The highest BCUT2D eigenvalue weighted by Crippen LogP contribution is 2.51. The van der Waals surface area contributed by atoms with Crippen LogP contribution in [-0.4, -0.2) is 29.3 Å². The van der Waals surface area contributed by atoms with Gasteiger partial charge in [0.1, 0.15) is 21.8 Å². The van der Waals surface area contributed by atoms with E-state index >= 15 is 0 Å². The van der Waals surface area contributed by atoms with E-state index in [1.807, 2.05) is 30.3 Å². The van der Waals surface area contributed by atoms with Gasteiger partial charge in [0, 0.05) is 11.8 Å². The Bertz CT molecular complexity index is 1190. The fourth-order valence-electron chi connectivity index (χ4n) is 3.70. The van der Waals surface area contributed by atoms with Crippen molar-refractivity contribution in [2.24, 2.45) is 0 Å². The second-order valence-electron chi connectivity index (χ2n) is 6.90. The molecule has 0 saturated heterocycles. The molecule has 0 spiro atoms. The highest BCUT2D eigenvalue weighted by Gasteiger charge is 2.47. The largest absolute Gasteiger partial charge is 0.468 e. The quantitative estimate of drug-likeness (QED) is 0.555. The van der Waals surface area contributed by atoms with Crippen LogP contribution < -0.4 is 15.0 Å². The molecule has 3 heterocycles. The van der Waals surface area contributed by atoms with Crippen molar-refractivity contribution in [3.63, 3.8) is 0 Å². The number of esters is 1.